The lowest BCUT2D eigenvalue weighted by Gasteiger charge is -2.27. The quantitative estimate of drug-likeness (QED) is 0.138. The van der Waals surface area contributed by atoms with E-state index in [1.807, 2.05) is 13.8 Å². The van der Waals surface area contributed by atoms with Gasteiger partial charge in [0.15, 0.2) is 11.5 Å². The molecule has 43 heavy (non-hydrogen) atoms. The summed E-state index contributed by atoms with van der Waals surface area (Å²) in [7, 11) is 0. The van der Waals surface area contributed by atoms with Gasteiger partial charge in [-0.2, -0.15) is 13.2 Å². The molecule has 226 valence electrons. The van der Waals surface area contributed by atoms with Crippen LogP contribution in [-0.4, -0.2) is 51.7 Å². The van der Waals surface area contributed by atoms with E-state index < -0.39 is 24.1 Å². The fraction of sp³-hybridized carbons (Fsp3) is 0.250. The van der Waals surface area contributed by atoms with Crippen LogP contribution in [0.5, 0.6) is 11.5 Å². The topological polar surface area (TPSA) is 158 Å². The van der Waals surface area contributed by atoms with Gasteiger partial charge in [0, 0.05) is 11.3 Å². The summed E-state index contributed by atoms with van der Waals surface area (Å²) >= 11 is 0. The normalized spacial score (nSPS) is 12.1. The van der Waals surface area contributed by atoms with Crippen LogP contribution in [0.3, 0.4) is 0 Å². The number of nitrogen functional groups attached to an aromatic ring is 1. The zero-order valence-electron chi connectivity index (χ0n) is 23.3. The molecular weight excluding hydrogens is 571 g/mol. The number of nitrogens with zero attached hydrogens (tertiary/aromatic N) is 4. The maximum atomic E-state index is 14.2. The van der Waals surface area contributed by atoms with E-state index in [9.17, 15) is 22.8 Å². The number of amidine groups is 1. The minimum atomic E-state index is -5.43. The van der Waals surface area contributed by atoms with Crippen molar-refractivity contribution in [2.45, 2.75) is 39.1 Å². The van der Waals surface area contributed by atoms with Gasteiger partial charge in [-0.1, -0.05) is 18.2 Å². The lowest BCUT2D eigenvalue weighted by molar-refractivity contribution is -0.205. The van der Waals surface area contributed by atoms with Crippen molar-refractivity contribution in [2.75, 3.05) is 17.1 Å². The molecule has 15 heteroatoms. The number of nitrogens with two attached hydrogens (primary N) is 1. The Bertz CT molecular complexity index is 1620. The zero-order chi connectivity index (χ0) is 31.3. The van der Waals surface area contributed by atoms with Crippen LogP contribution in [0.4, 0.5) is 18.9 Å². The van der Waals surface area contributed by atoms with E-state index in [1.165, 1.54) is 48.5 Å². The Labute approximate surface area is 243 Å². The van der Waals surface area contributed by atoms with Crippen molar-refractivity contribution in [3.8, 4) is 11.5 Å². The minimum absolute atomic E-state index is 0.0890. The van der Waals surface area contributed by atoms with Crippen LogP contribution < -0.4 is 25.7 Å². The van der Waals surface area contributed by atoms with Crippen molar-refractivity contribution < 1.29 is 37.1 Å². The van der Waals surface area contributed by atoms with E-state index in [-0.39, 0.29) is 46.1 Å². The van der Waals surface area contributed by atoms with Gasteiger partial charge < -0.3 is 25.4 Å². The van der Waals surface area contributed by atoms with Gasteiger partial charge in [-0.05, 0) is 85.3 Å². The number of anilines is 1. The largest absolute Gasteiger partial charge is 0.493 e. The monoisotopic (exact) mass is 599 g/mol. The molecule has 1 heterocycles. The van der Waals surface area contributed by atoms with Crippen LogP contribution in [0.15, 0.2) is 66.7 Å². The molecule has 0 radical (unpaired) electrons. The first-order chi connectivity index (χ1) is 20.4. The first-order valence-corrected chi connectivity index (χ1v) is 13.0. The highest BCUT2D eigenvalue weighted by molar-refractivity contribution is 5.97. The number of benzene rings is 3. The summed E-state index contributed by atoms with van der Waals surface area (Å²) in [4.78, 5) is 31.5. The van der Waals surface area contributed by atoms with Crippen molar-refractivity contribution in [3.63, 3.8) is 0 Å². The van der Waals surface area contributed by atoms with Crippen LogP contribution in [0.25, 0.3) is 11.0 Å². The summed E-state index contributed by atoms with van der Waals surface area (Å²) in [6.07, 6.45) is -5.64. The van der Waals surface area contributed by atoms with Gasteiger partial charge in [0.1, 0.15) is 22.9 Å². The fourth-order valence-electron chi connectivity index (χ4n) is 3.93. The average molecular weight is 600 g/mol. The Morgan fingerprint density at radius 3 is 2.40 bits per heavy atom. The summed E-state index contributed by atoms with van der Waals surface area (Å²) in [5.41, 5.74) is 6.80. The molecule has 0 bridgehead atoms. The highest BCUT2D eigenvalue weighted by Gasteiger charge is 2.45. The Hall–Kier alpha value is -5.34. The number of amides is 1. The first kappa shape index (κ1) is 30.6. The van der Waals surface area contributed by atoms with Gasteiger partial charge in [0.05, 0.1) is 12.7 Å². The summed E-state index contributed by atoms with van der Waals surface area (Å²) < 4.78 is 51.6. The van der Waals surface area contributed by atoms with E-state index in [0.717, 1.165) is 0 Å². The number of rotatable bonds is 10. The second-order valence-electron chi connectivity index (χ2n) is 9.33. The predicted molar refractivity (Wildman–Crippen MR) is 150 cm³/mol. The first-order valence-electron chi connectivity index (χ1n) is 13.0. The Kier molecular flexibility index (Phi) is 9.02. The maximum Gasteiger partial charge on any atom is 0.493 e. The summed E-state index contributed by atoms with van der Waals surface area (Å²) in [5, 5.41) is 18.3. The number of nitrogens with one attached hydrogen (secondary N) is 2. The zero-order valence-corrected chi connectivity index (χ0v) is 23.3. The second-order valence-corrected chi connectivity index (χ2v) is 9.33. The SMILES string of the molecule is CCOc1cc(C(Nc2ccc(C(=N)N)cc2)C(=O)N(OC(=O)C(F)(F)F)n2nnc3ccccc32)ccc1OC(C)C. The molecule has 0 saturated heterocycles. The lowest BCUT2D eigenvalue weighted by Crippen LogP contribution is -2.49. The van der Waals surface area contributed by atoms with Crippen molar-refractivity contribution in [2.24, 2.45) is 5.73 Å². The van der Waals surface area contributed by atoms with Crippen molar-refractivity contribution >= 4 is 34.4 Å². The Balaban J connectivity index is 1.85. The van der Waals surface area contributed by atoms with Crippen LogP contribution in [0.1, 0.15) is 37.9 Å². The van der Waals surface area contributed by atoms with Gasteiger partial charge in [-0.25, -0.2) is 4.79 Å². The standard InChI is InChI=1S/C28H28F3N7O5/c1-4-41-23-15-18(11-14-22(23)42-16(2)3)24(34-19-12-9-17(10-13-19)25(32)33)26(39)38(43-27(40)28(29,30)31)37-21-8-6-5-7-20(21)35-36-37/h5-16,24,34H,4H2,1-3H3,(H3,32,33). The van der Waals surface area contributed by atoms with Gasteiger partial charge in [0.2, 0.25) is 0 Å². The molecule has 12 nitrogen and oxygen atoms in total. The smallest absolute Gasteiger partial charge is 0.490 e. The number of hydrogen-bond donors (Lipinski definition) is 3. The maximum absolute atomic E-state index is 14.2. The predicted octanol–water partition coefficient (Wildman–Crippen LogP) is 4.24. The minimum Gasteiger partial charge on any atom is -0.490 e. The number of carbonyl (C=O) groups is 2. The van der Waals surface area contributed by atoms with Crippen LogP contribution in [0, 0.1) is 5.41 Å². The molecule has 0 spiro atoms. The van der Waals surface area contributed by atoms with E-state index in [4.69, 9.17) is 20.6 Å². The molecule has 0 saturated carbocycles. The number of carbonyl (C=O) groups excluding carboxylic acids is 2. The highest BCUT2D eigenvalue weighted by atomic mass is 19.4. The molecule has 1 atom stereocenters. The summed E-state index contributed by atoms with van der Waals surface area (Å²) in [5.74, 6) is -3.36. The number of fused-ring (bicyclic) bond motifs is 1. The summed E-state index contributed by atoms with van der Waals surface area (Å²) in [6.45, 7) is 5.63. The number of ether oxygens (including phenoxy) is 2. The van der Waals surface area contributed by atoms with Crippen molar-refractivity contribution in [1.29, 1.82) is 5.41 Å². The van der Waals surface area contributed by atoms with Crippen LogP contribution >= 0.6 is 0 Å². The molecule has 3 aromatic carbocycles. The molecule has 1 amide bonds. The number of aromatic nitrogens is 3. The van der Waals surface area contributed by atoms with E-state index in [0.29, 0.717) is 21.8 Å². The number of halogens is 3. The second kappa shape index (κ2) is 12.7. The number of para-hydroxylation sites is 1. The van der Waals surface area contributed by atoms with Crippen molar-refractivity contribution in [1.82, 2.24) is 15.1 Å². The average Bonchev–Trinajstić information content (AvgIpc) is 3.38. The molecule has 0 aliphatic rings. The molecule has 4 aromatic rings. The number of alkyl halides is 3. The lowest BCUT2D eigenvalue weighted by atomic mass is 10.0. The Morgan fingerprint density at radius 2 is 1.77 bits per heavy atom. The van der Waals surface area contributed by atoms with E-state index >= 15 is 0 Å². The molecule has 1 unspecified atom stereocenters. The molecule has 0 aliphatic carbocycles. The fourth-order valence-corrected chi connectivity index (χ4v) is 3.93. The third-order valence-corrected chi connectivity index (χ3v) is 5.81. The number of hydrogen-bond acceptors (Lipinski definition) is 9. The molecule has 1 aromatic heterocycles. The van der Waals surface area contributed by atoms with Gasteiger partial charge in [-0.3, -0.25) is 10.2 Å². The van der Waals surface area contributed by atoms with E-state index in [2.05, 4.69) is 20.5 Å². The molecule has 0 fully saturated rings. The van der Waals surface area contributed by atoms with Gasteiger partial charge in [0.25, 0.3) is 0 Å². The van der Waals surface area contributed by atoms with E-state index in [1.54, 1.807) is 25.1 Å². The third-order valence-electron chi connectivity index (χ3n) is 5.81. The Morgan fingerprint density at radius 1 is 1.07 bits per heavy atom. The van der Waals surface area contributed by atoms with Crippen LogP contribution in [0.2, 0.25) is 0 Å². The molecular formula is C28H28F3N7O5. The summed E-state index contributed by atoms with van der Waals surface area (Å²) in [6, 6.07) is 15.3. The molecule has 0 aliphatic heterocycles. The van der Waals surface area contributed by atoms with Gasteiger partial charge >= 0.3 is 18.1 Å². The highest BCUT2D eigenvalue weighted by Crippen LogP contribution is 2.34. The van der Waals surface area contributed by atoms with Gasteiger partial charge in [-0.15, -0.1) is 9.89 Å². The number of hydroxylamine groups is 1. The molecule has 4 rings (SSSR count). The molecule has 4 N–H and O–H groups in total. The van der Waals surface area contributed by atoms with Crippen LogP contribution in [-0.2, 0) is 14.4 Å². The third kappa shape index (κ3) is 7.12. The van der Waals surface area contributed by atoms with Crippen molar-refractivity contribution in [3.05, 3.63) is 77.9 Å².